The van der Waals surface area contributed by atoms with Crippen molar-refractivity contribution in [2.45, 2.75) is 0 Å². The number of para-hydroxylation sites is 2. The second-order valence-corrected chi connectivity index (χ2v) is 16.8. The summed E-state index contributed by atoms with van der Waals surface area (Å²) in [5.41, 5.74) is 11.3. The molecule has 0 bridgehead atoms. The number of hydrogen-bond donors (Lipinski definition) is 0. The molecule has 0 N–H and O–H groups in total. The lowest BCUT2D eigenvalue weighted by atomic mass is 10.0. The molecule has 7 nitrogen and oxygen atoms in total. The number of hydrogen-bond acceptors (Lipinski definition) is 6. The van der Waals surface area contributed by atoms with Crippen molar-refractivity contribution in [3.05, 3.63) is 200 Å². The largest absolute Gasteiger partial charge is 0.294 e. The monoisotopic (exact) mass is 823 g/mol. The van der Waals surface area contributed by atoms with Gasteiger partial charge >= 0.3 is 0 Å². The highest BCUT2D eigenvalue weighted by molar-refractivity contribution is 7.25. The minimum atomic E-state index is 0.569. The van der Waals surface area contributed by atoms with E-state index >= 15 is 0 Å². The zero-order chi connectivity index (χ0) is 41.4. The summed E-state index contributed by atoms with van der Waals surface area (Å²) in [4.78, 5) is 25.3. The van der Waals surface area contributed by atoms with Crippen LogP contribution in [0, 0.1) is 0 Å². The van der Waals surface area contributed by atoms with Gasteiger partial charge in [-0.3, -0.25) is 14.1 Å². The van der Waals surface area contributed by atoms with Gasteiger partial charge in [-0.25, -0.2) is 9.97 Å². The Kier molecular flexibility index (Phi) is 7.94. The van der Waals surface area contributed by atoms with E-state index in [-0.39, 0.29) is 0 Å². The van der Waals surface area contributed by atoms with E-state index < -0.39 is 0 Å². The summed E-state index contributed by atoms with van der Waals surface area (Å²) in [5, 5.41) is 5.75. The molecule has 0 saturated heterocycles. The van der Waals surface area contributed by atoms with Crippen LogP contribution in [0.5, 0.6) is 0 Å². The Labute approximate surface area is 364 Å². The van der Waals surface area contributed by atoms with E-state index in [9.17, 15) is 0 Å². The van der Waals surface area contributed by atoms with Crippen LogP contribution < -0.4 is 0 Å². The average molecular weight is 824 g/mol. The second kappa shape index (κ2) is 14.1. The molecule has 8 heteroatoms. The van der Waals surface area contributed by atoms with E-state index in [2.05, 4.69) is 137 Å². The van der Waals surface area contributed by atoms with E-state index in [1.807, 2.05) is 72.9 Å². The molecule has 0 radical (unpaired) electrons. The molecule has 0 spiro atoms. The number of rotatable bonds is 6. The maximum Gasteiger partial charge on any atom is 0.238 e. The van der Waals surface area contributed by atoms with Crippen LogP contribution in [0.15, 0.2) is 200 Å². The van der Waals surface area contributed by atoms with Crippen molar-refractivity contribution < 1.29 is 0 Å². The van der Waals surface area contributed by atoms with Crippen molar-refractivity contribution in [2.24, 2.45) is 0 Å². The van der Waals surface area contributed by atoms with Crippen molar-refractivity contribution in [1.82, 2.24) is 34.1 Å². The molecule has 63 heavy (non-hydrogen) atoms. The van der Waals surface area contributed by atoms with E-state index in [4.69, 9.17) is 24.9 Å². The number of fused-ring (bicyclic) bond motifs is 9. The molecule has 6 heterocycles. The molecule has 0 aliphatic heterocycles. The van der Waals surface area contributed by atoms with Crippen molar-refractivity contribution in [2.75, 3.05) is 0 Å². The van der Waals surface area contributed by atoms with Crippen LogP contribution in [0.1, 0.15) is 0 Å². The number of nitrogens with zero attached hydrogens (tertiary/aromatic N) is 7. The predicted molar refractivity (Wildman–Crippen MR) is 259 cm³/mol. The third kappa shape index (κ3) is 5.76. The van der Waals surface area contributed by atoms with Gasteiger partial charge in [0, 0.05) is 54.5 Å². The summed E-state index contributed by atoms with van der Waals surface area (Å²) < 4.78 is 6.89. The normalized spacial score (nSPS) is 11.8. The molecule has 294 valence electrons. The third-order valence-electron chi connectivity index (χ3n) is 12.1. The topological polar surface area (TPSA) is 74.3 Å². The molecule has 0 aliphatic carbocycles. The Balaban J connectivity index is 0.961. The van der Waals surface area contributed by atoms with Crippen molar-refractivity contribution in [1.29, 1.82) is 0 Å². The molecule has 0 aliphatic rings. The lowest BCUT2D eigenvalue weighted by molar-refractivity contribution is 0.953. The molecule has 0 atom stereocenters. The summed E-state index contributed by atoms with van der Waals surface area (Å²) in [7, 11) is 0. The lowest BCUT2D eigenvalue weighted by Crippen LogP contribution is -2.06. The fourth-order valence-corrected chi connectivity index (χ4v) is 10.2. The summed E-state index contributed by atoms with van der Waals surface area (Å²) in [6, 6.07) is 67.9. The van der Waals surface area contributed by atoms with Gasteiger partial charge in [-0.1, -0.05) is 127 Å². The van der Waals surface area contributed by atoms with Gasteiger partial charge in [-0.2, -0.15) is 9.97 Å². The highest BCUT2D eigenvalue weighted by Crippen LogP contribution is 2.39. The van der Waals surface area contributed by atoms with Gasteiger partial charge in [0.15, 0.2) is 11.6 Å². The molecule has 13 rings (SSSR count). The van der Waals surface area contributed by atoms with Crippen LogP contribution in [-0.2, 0) is 0 Å². The van der Waals surface area contributed by atoms with Crippen LogP contribution in [0.25, 0.3) is 121 Å². The van der Waals surface area contributed by atoms with Gasteiger partial charge in [-0.15, -0.1) is 11.3 Å². The van der Waals surface area contributed by atoms with Gasteiger partial charge in [0.1, 0.15) is 5.82 Å². The molecular formula is C55H33N7S. The summed E-state index contributed by atoms with van der Waals surface area (Å²) in [6.45, 7) is 0. The van der Waals surface area contributed by atoms with Crippen molar-refractivity contribution >= 4 is 75.3 Å². The Hall–Kier alpha value is -8.33. The zero-order valence-corrected chi connectivity index (χ0v) is 34.4. The fraction of sp³-hybridized carbons (Fsp3) is 0. The first-order valence-electron chi connectivity index (χ1n) is 20.9. The Morgan fingerprint density at radius 1 is 0.349 bits per heavy atom. The molecular weight excluding hydrogens is 791 g/mol. The highest BCUT2D eigenvalue weighted by atomic mass is 32.1. The Bertz CT molecular complexity index is 3870. The van der Waals surface area contributed by atoms with E-state index in [1.165, 1.54) is 14.8 Å². The minimum absolute atomic E-state index is 0.569. The molecule has 0 saturated carbocycles. The molecule has 7 aromatic carbocycles. The third-order valence-corrected chi connectivity index (χ3v) is 13.2. The first kappa shape index (κ1) is 35.4. The average Bonchev–Trinajstić information content (AvgIpc) is 4.01. The van der Waals surface area contributed by atoms with Crippen molar-refractivity contribution in [3.8, 4) is 56.9 Å². The van der Waals surface area contributed by atoms with Crippen LogP contribution in [0.3, 0.4) is 0 Å². The summed E-state index contributed by atoms with van der Waals surface area (Å²) in [5.74, 6) is 2.68. The molecule has 0 amide bonds. The first-order chi connectivity index (χ1) is 31.2. The lowest BCUT2D eigenvalue weighted by Gasteiger charge is -2.11. The van der Waals surface area contributed by atoms with Crippen LogP contribution in [-0.4, -0.2) is 34.1 Å². The van der Waals surface area contributed by atoms with Gasteiger partial charge in [0.05, 0.1) is 38.0 Å². The van der Waals surface area contributed by atoms with E-state index in [0.29, 0.717) is 17.6 Å². The smallest absolute Gasteiger partial charge is 0.238 e. The van der Waals surface area contributed by atoms with Gasteiger partial charge < -0.3 is 0 Å². The molecule has 13 aromatic rings. The SMILES string of the molecule is c1ccc(-c2nc(-c3ccccc3)nc(-n3c4ccccc4c4ccc(-c5ccc6c(c5)c5ccccc5n6-c5cccc(-c6ccc7sc8cccnc8c7c6)n5)cc43)n2)cc1. The van der Waals surface area contributed by atoms with E-state index in [1.54, 1.807) is 11.3 Å². The zero-order valence-electron chi connectivity index (χ0n) is 33.6. The quantitative estimate of drug-likeness (QED) is 0.167. The number of thiophene rings is 1. The maximum absolute atomic E-state index is 5.31. The Morgan fingerprint density at radius 3 is 1.75 bits per heavy atom. The Morgan fingerprint density at radius 2 is 0.968 bits per heavy atom. The standard InChI is InChI=1S/C55H33N7S/c1-3-13-34(14-4-1)53-58-54(35-15-5-2-6-16-35)60-55(59-53)62-46-21-10-7-17-39(46)41-27-24-37(33-48(41)62)36-25-28-47-42(31-36)40-18-8-9-20-45(40)61(47)51-23-11-19-44(57-51)38-26-29-49-43(32-38)52-50(63-49)22-12-30-56-52/h1-33H. The van der Waals surface area contributed by atoms with E-state index in [0.717, 1.165) is 88.5 Å². The van der Waals surface area contributed by atoms with Gasteiger partial charge in [0.2, 0.25) is 5.95 Å². The molecule has 6 aromatic heterocycles. The predicted octanol–water partition coefficient (Wildman–Crippen LogP) is 13.9. The van der Waals surface area contributed by atoms with Crippen molar-refractivity contribution in [3.63, 3.8) is 0 Å². The van der Waals surface area contributed by atoms with Gasteiger partial charge in [0.25, 0.3) is 0 Å². The molecule has 0 fully saturated rings. The number of aromatic nitrogens is 7. The molecule has 0 unspecified atom stereocenters. The second-order valence-electron chi connectivity index (χ2n) is 15.7. The number of benzene rings is 7. The van der Waals surface area contributed by atoms with Crippen LogP contribution in [0.2, 0.25) is 0 Å². The summed E-state index contributed by atoms with van der Waals surface area (Å²) in [6.07, 6.45) is 1.87. The number of pyridine rings is 2. The fourth-order valence-electron chi connectivity index (χ4n) is 9.13. The van der Waals surface area contributed by atoms with Gasteiger partial charge in [-0.05, 0) is 77.9 Å². The van der Waals surface area contributed by atoms with Crippen LogP contribution in [0.4, 0.5) is 0 Å². The van der Waals surface area contributed by atoms with Crippen LogP contribution >= 0.6 is 11.3 Å². The summed E-state index contributed by atoms with van der Waals surface area (Å²) >= 11 is 1.77. The minimum Gasteiger partial charge on any atom is -0.294 e. The first-order valence-corrected chi connectivity index (χ1v) is 21.7. The highest BCUT2D eigenvalue weighted by Gasteiger charge is 2.20. The maximum atomic E-state index is 5.31.